The van der Waals surface area contributed by atoms with E-state index in [0.717, 1.165) is 3.57 Å². The van der Waals surface area contributed by atoms with Crippen molar-refractivity contribution >= 4 is 40.1 Å². The average molecular weight is 410 g/mol. The second kappa shape index (κ2) is 7.79. The van der Waals surface area contributed by atoms with Gasteiger partial charge in [-0.15, -0.1) is 0 Å². The van der Waals surface area contributed by atoms with E-state index in [-0.39, 0.29) is 18.4 Å². The minimum atomic E-state index is -0.284. The van der Waals surface area contributed by atoms with Crippen LogP contribution < -0.4 is 15.4 Å². The van der Waals surface area contributed by atoms with Gasteiger partial charge in [0.15, 0.2) is 6.61 Å². The Labute approximate surface area is 142 Å². The summed E-state index contributed by atoms with van der Waals surface area (Å²) in [6.45, 7) is -0.0930. The Hall–Kier alpha value is -2.09. The average Bonchev–Trinajstić information content (AvgIpc) is 2.52. The first kappa shape index (κ1) is 16.3. The standard InChI is InChI=1S/C16H15IN2O3/c1-18-16(21)11-4-2-6-13(8-11)19-15(20)10-22-14-7-3-5-12(17)9-14/h2-9H,10H2,1H3,(H,18,21)(H,19,20). The molecule has 0 saturated carbocycles. The van der Waals surface area contributed by atoms with Crippen LogP contribution in [0.15, 0.2) is 48.5 Å². The minimum Gasteiger partial charge on any atom is -0.484 e. The van der Waals surface area contributed by atoms with Crippen molar-refractivity contribution in [2.45, 2.75) is 0 Å². The maximum absolute atomic E-state index is 11.9. The molecule has 0 unspecified atom stereocenters. The molecular weight excluding hydrogens is 395 g/mol. The number of hydrogen-bond donors (Lipinski definition) is 2. The first-order chi connectivity index (χ1) is 10.6. The monoisotopic (exact) mass is 410 g/mol. The van der Waals surface area contributed by atoms with Gasteiger partial charge in [-0.1, -0.05) is 12.1 Å². The fourth-order valence-corrected chi connectivity index (χ4v) is 2.30. The largest absolute Gasteiger partial charge is 0.484 e. The molecule has 0 fully saturated rings. The molecule has 2 aromatic rings. The van der Waals surface area contributed by atoms with Crippen molar-refractivity contribution in [3.63, 3.8) is 0 Å². The number of carbonyl (C=O) groups is 2. The van der Waals surface area contributed by atoms with Crippen molar-refractivity contribution in [2.75, 3.05) is 19.0 Å². The number of amides is 2. The highest BCUT2D eigenvalue weighted by Crippen LogP contribution is 2.15. The van der Waals surface area contributed by atoms with Crippen molar-refractivity contribution in [2.24, 2.45) is 0 Å². The lowest BCUT2D eigenvalue weighted by Crippen LogP contribution is -2.21. The third-order valence-electron chi connectivity index (χ3n) is 2.80. The van der Waals surface area contributed by atoms with Gasteiger partial charge >= 0.3 is 0 Å². The SMILES string of the molecule is CNC(=O)c1cccc(NC(=O)COc2cccc(I)c2)c1. The molecule has 0 aliphatic heterocycles. The summed E-state index contributed by atoms with van der Waals surface area (Å²) < 4.78 is 6.46. The van der Waals surface area contributed by atoms with Crippen LogP contribution in [0.2, 0.25) is 0 Å². The van der Waals surface area contributed by atoms with E-state index in [1.54, 1.807) is 37.4 Å². The van der Waals surface area contributed by atoms with Gasteiger partial charge in [0.05, 0.1) is 0 Å². The lowest BCUT2D eigenvalue weighted by Gasteiger charge is -2.09. The normalized spacial score (nSPS) is 9.91. The van der Waals surface area contributed by atoms with E-state index >= 15 is 0 Å². The van der Waals surface area contributed by atoms with Gasteiger partial charge in [-0.2, -0.15) is 0 Å². The summed E-state index contributed by atoms with van der Waals surface area (Å²) >= 11 is 2.18. The van der Waals surface area contributed by atoms with Gasteiger partial charge in [0, 0.05) is 21.9 Å². The Kier molecular flexibility index (Phi) is 5.76. The Bertz CT molecular complexity index is 689. The molecule has 6 heteroatoms. The van der Waals surface area contributed by atoms with Gasteiger partial charge in [0.25, 0.3) is 11.8 Å². The molecule has 0 aliphatic carbocycles. The Morgan fingerprint density at radius 3 is 2.64 bits per heavy atom. The van der Waals surface area contributed by atoms with Crippen LogP contribution in [0.25, 0.3) is 0 Å². The van der Waals surface area contributed by atoms with Crippen LogP contribution in [-0.2, 0) is 4.79 Å². The molecular formula is C16H15IN2O3. The zero-order chi connectivity index (χ0) is 15.9. The molecule has 22 heavy (non-hydrogen) atoms. The summed E-state index contributed by atoms with van der Waals surface area (Å²) in [5.74, 6) is 0.153. The van der Waals surface area contributed by atoms with Crippen molar-refractivity contribution in [3.8, 4) is 5.75 Å². The lowest BCUT2D eigenvalue weighted by atomic mass is 10.2. The summed E-state index contributed by atoms with van der Waals surface area (Å²) in [5, 5.41) is 5.24. The van der Waals surface area contributed by atoms with E-state index in [2.05, 4.69) is 33.2 Å². The van der Waals surface area contributed by atoms with Gasteiger partial charge in [-0.3, -0.25) is 9.59 Å². The Morgan fingerprint density at radius 1 is 1.14 bits per heavy atom. The van der Waals surface area contributed by atoms with Crippen LogP contribution in [0, 0.1) is 3.57 Å². The second-order valence-corrected chi connectivity index (χ2v) is 5.70. The molecule has 2 N–H and O–H groups in total. The van der Waals surface area contributed by atoms with Gasteiger partial charge < -0.3 is 15.4 Å². The molecule has 0 heterocycles. The minimum absolute atomic E-state index is 0.0930. The summed E-state index contributed by atoms with van der Waals surface area (Å²) in [6.07, 6.45) is 0. The summed E-state index contributed by atoms with van der Waals surface area (Å²) in [4.78, 5) is 23.4. The predicted octanol–water partition coefficient (Wildman–Crippen LogP) is 2.67. The number of rotatable bonds is 5. The second-order valence-electron chi connectivity index (χ2n) is 4.45. The highest BCUT2D eigenvalue weighted by molar-refractivity contribution is 14.1. The molecule has 0 saturated heterocycles. The molecule has 5 nitrogen and oxygen atoms in total. The highest BCUT2D eigenvalue weighted by Gasteiger charge is 2.07. The molecule has 0 radical (unpaired) electrons. The Balaban J connectivity index is 1.93. The van der Waals surface area contributed by atoms with Gasteiger partial charge in [-0.25, -0.2) is 0 Å². The zero-order valence-electron chi connectivity index (χ0n) is 11.9. The molecule has 0 atom stereocenters. The van der Waals surface area contributed by atoms with Crippen LogP contribution in [0.3, 0.4) is 0 Å². The van der Waals surface area contributed by atoms with E-state index in [0.29, 0.717) is 17.0 Å². The molecule has 0 aromatic heterocycles. The lowest BCUT2D eigenvalue weighted by molar-refractivity contribution is -0.118. The quantitative estimate of drug-likeness (QED) is 0.745. The number of hydrogen-bond acceptors (Lipinski definition) is 3. The van der Waals surface area contributed by atoms with Crippen molar-refractivity contribution in [1.29, 1.82) is 0 Å². The smallest absolute Gasteiger partial charge is 0.262 e. The van der Waals surface area contributed by atoms with Crippen molar-refractivity contribution in [3.05, 3.63) is 57.7 Å². The van der Waals surface area contributed by atoms with E-state index in [1.807, 2.05) is 18.2 Å². The van der Waals surface area contributed by atoms with E-state index in [4.69, 9.17) is 4.74 Å². The van der Waals surface area contributed by atoms with Crippen LogP contribution in [0.4, 0.5) is 5.69 Å². The summed E-state index contributed by atoms with van der Waals surface area (Å²) in [5.41, 5.74) is 1.04. The molecule has 0 spiro atoms. The van der Waals surface area contributed by atoms with Gasteiger partial charge in [0.1, 0.15) is 5.75 Å². The maximum Gasteiger partial charge on any atom is 0.262 e. The first-order valence-electron chi connectivity index (χ1n) is 6.59. The number of benzene rings is 2. The third kappa shape index (κ3) is 4.73. The third-order valence-corrected chi connectivity index (χ3v) is 3.47. The molecule has 0 aliphatic rings. The van der Waals surface area contributed by atoms with E-state index in [9.17, 15) is 9.59 Å². The number of halogens is 1. The molecule has 2 amide bonds. The molecule has 2 aromatic carbocycles. The number of ether oxygens (including phenoxy) is 1. The fourth-order valence-electron chi connectivity index (χ4n) is 1.79. The van der Waals surface area contributed by atoms with E-state index < -0.39 is 0 Å². The molecule has 0 bridgehead atoms. The predicted molar refractivity (Wildman–Crippen MR) is 93.1 cm³/mol. The van der Waals surface area contributed by atoms with Crippen LogP contribution >= 0.6 is 22.6 Å². The Morgan fingerprint density at radius 2 is 1.91 bits per heavy atom. The summed E-state index contributed by atoms with van der Waals surface area (Å²) in [6, 6.07) is 14.2. The summed E-state index contributed by atoms with van der Waals surface area (Å²) in [7, 11) is 1.56. The van der Waals surface area contributed by atoms with Crippen molar-refractivity contribution in [1.82, 2.24) is 5.32 Å². The van der Waals surface area contributed by atoms with Crippen LogP contribution in [0.5, 0.6) is 5.75 Å². The van der Waals surface area contributed by atoms with Crippen LogP contribution in [-0.4, -0.2) is 25.5 Å². The van der Waals surface area contributed by atoms with Gasteiger partial charge in [-0.05, 0) is 59.0 Å². The number of anilines is 1. The topological polar surface area (TPSA) is 67.4 Å². The highest BCUT2D eigenvalue weighted by atomic mass is 127. The maximum atomic E-state index is 11.9. The number of carbonyl (C=O) groups excluding carboxylic acids is 2. The fraction of sp³-hybridized carbons (Fsp3) is 0.125. The van der Waals surface area contributed by atoms with Gasteiger partial charge in [0.2, 0.25) is 0 Å². The zero-order valence-corrected chi connectivity index (χ0v) is 14.1. The van der Waals surface area contributed by atoms with Crippen LogP contribution in [0.1, 0.15) is 10.4 Å². The molecule has 114 valence electrons. The number of nitrogens with one attached hydrogen (secondary N) is 2. The molecule has 2 rings (SSSR count). The van der Waals surface area contributed by atoms with Crippen molar-refractivity contribution < 1.29 is 14.3 Å². The van der Waals surface area contributed by atoms with E-state index in [1.165, 1.54) is 0 Å². The first-order valence-corrected chi connectivity index (χ1v) is 7.67.